The van der Waals surface area contributed by atoms with E-state index in [4.69, 9.17) is 11.6 Å². The second-order valence-corrected chi connectivity index (χ2v) is 7.50. The summed E-state index contributed by atoms with van der Waals surface area (Å²) in [7, 11) is 0. The van der Waals surface area contributed by atoms with Gasteiger partial charge in [-0.25, -0.2) is 0 Å². The van der Waals surface area contributed by atoms with Crippen molar-refractivity contribution in [2.24, 2.45) is 0 Å². The molecule has 0 unspecified atom stereocenters. The minimum absolute atomic E-state index is 0.0131. The van der Waals surface area contributed by atoms with Gasteiger partial charge in [-0.1, -0.05) is 65.8 Å². The van der Waals surface area contributed by atoms with Crippen molar-refractivity contribution in [2.45, 2.75) is 25.0 Å². The summed E-state index contributed by atoms with van der Waals surface area (Å²) in [6, 6.07) is 17.8. The zero-order valence-electron chi connectivity index (χ0n) is 15.1. The number of rotatable bonds is 8. The van der Waals surface area contributed by atoms with Crippen LogP contribution >= 0.6 is 23.4 Å². The SMILES string of the molecule is Cc1nnc(SCC(=O)NCCc2ccc(Cl)cc2)n1Cc1ccccc1. The third-order valence-electron chi connectivity index (χ3n) is 4.07. The lowest BCUT2D eigenvalue weighted by molar-refractivity contribution is -0.118. The molecule has 5 nitrogen and oxygen atoms in total. The van der Waals surface area contributed by atoms with Gasteiger partial charge in [-0.2, -0.15) is 0 Å². The van der Waals surface area contributed by atoms with Crippen molar-refractivity contribution in [3.8, 4) is 0 Å². The highest BCUT2D eigenvalue weighted by atomic mass is 35.5. The van der Waals surface area contributed by atoms with E-state index in [1.165, 1.54) is 17.3 Å². The average molecular weight is 401 g/mol. The lowest BCUT2D eigenvalue weighted by Gasteiger charge is -2.09. The van der Waals surface area contributed by atoms with Crippen LogP contribution in [0.4, 0.5) is 0 Å². The molecule has 0 saturated heterocycles. The van der Waals surface area contributed by atoms with Crippen molar-refractivity contribution in [2.75, 3.05) is 12.3 Å². The van der Waals surface area contributed by atoms with E-state index in [0.717, 1.165) is 23.0 Å². The van der Waals surface area contributed by atoms with Crippen molar-refractivity contribution in [3.63, 3.8) is 0 Å². The van der Waals surface area contributed by atoms with Crippen LogP contribution in [-0.4, -0.2) is 33.0 Å². The maximum absolute atomic E-state index is 12.1. The van der Waals surface area contributed by atoms with E-state index in [2.05, 4.69) is 27.6 Å². The Bertz CT molecular complexity index is 881. The largest absolute Gasteiger partial charge is 0.355 e. The lowest BCUT2D eigenvalue weighted by atomic mass is 10.1. The predicted octanol–water partition coefficient (Wildman–Crippen LogP) is 3.74. The Labute approximate surface area is 168 Å². The summed E-state index contributed by atoms with van der Waals surface area (Å²) >= 11 is 7.28. The third-order valence-corrected chi connectivity index (χ3v) is 5.29. The van der Waals surface area contributed by atoms with Crippen LogP contribution in [0.5, 0.6) is 0 Å². The Hall–Kier alpha value is -2.31. The molecule has 1 N–H and O–H groups in total. The number of carbonyl (C=O) groups excluding carboxylic acids is 1. The Morgan fingerprint density at radius 2 is 1.81 bits per heavy atom. The number of halogens is 1. The molecule has 3 rings (SSSR count). The van der Waals surface area contributed by atoms with E-state index in [0.29, 0.717) is 23.9 Å². The van der Waals surface area contributed by atoms with Gasteiger partial charge in [0.05, 0.1) is 12.3 Å². The number of nitrogens with zero attached hydrogens (tertiary/aromatic N) is 3. The van der Waals surface area contributed by atoms with Crippen molar-refractivity contribution >= 4 is 29.3 Å². The van der Waals surface area contributed by atoms with Gasteiger partial charge in [0, 0.05) is 11.6 Å². The summed E-state index contributed by atoms with van der Waals surface area (Å²) in [5, 5.41) is 12.8. The van der Waals surface area contributed by atoms with Crippen LogP contribution in [0, 0.1) is 6.92 Å². The fraction of sp³-hybridized carbons (Fsp3) is 0.250. The Morgan fingerprint density at radius 1 is 1.07 bits per heavy atom. The highest BCUT2D eigenvalue weighted by molar-refractivity contribution is 7.99. The Balaban J connectivity index is 1.48. The van der Waals surface area contributed by atoms with Crippen molar-refractivity contribution in [1.29, 1.82) is 0 Å². The normalized spacial score (nSPS) is 10.7. The molecule has 1 aromatic heterocycles. The standard InChI is InChI=1S/C20H21ClN4OS/c1-15-23-24-20(25(15)13-17-5-3-2-4-6-17)27-14-19(26)22-12-11-16-7-9-18(21)10-8-16/h2-10H,11-14H2,1H3,(H,22,26). The summed E-state index contributed by atoms with van der Waals surface area (Å²) in [6.45, 7) is 3.21. The number of aryl methyl sites for hydroxylation is 1. The molecule has 0 fully saturated rings. The molecule has 0 bridgehead atoms. The molecule has 3 aromatic rings. The number of amides is 1. The Kier molecular flexibility index (Phi) is 6.90. The van der Waals surface area contributed by atoms with E-state index in [1.54, 1.807) is 0 Å². The first-order valence-corrected chi connectivity index (χ1v) is 10.1. The van der Waals surface area contributed by atoms with E-state index in [-0.39, 0.29) is 5.91 Å². The zero-order chi connectivity index (χ0) is 19.1. The number of hydrogen-bond donors (Lipinski definition) is 1. The first-order chi connectivity index (χ1) is 13.1. The molecule has 27 heavy (non-hydrogen) atoms. The van der Waals surface area contributed by atoms with Crippen molar-refractivity contribution in [3.05, 3.63) is 76.6 Å². The summed E-state index contributed by atoms with van der Waals surface area (Å²) < 4.78 is 2.03. The predicted molar refractivity (Wildman–Crippen MR) is 109 cm³/mol. The van der Waals surface area contributed by atoms with Gasteiger partial charge in [-0.15, -0.1) is 10.2 Å². The zero-order valence-corrected chi connectivity index (χ0v) is 16.6. The summed E-state index contributed by atoms with van der Waals surface area (Å²) in [4.78, 5) is 12.1. The number of nitrogens with one attached hydrogen (secondary N) is 1. The number of hydrogen-bond acceptors (Lipinski definition) is 4. The van der Waals surface area contributed by atoms with Gasteiger partial charge in [0.25, 0.3) is 0 Å². The van der Waals surface area contributed by atoms with Gasteiger partial charge in [0.1, 0.15) is 5.82 Å². The highest BCUT2D eigenvalue weighted by Gasteiger charge is 2.12. The van der Waals surface area contributed by atoms with Crippen LogP contribution in [0.15, 0.2) is 59.8 Å². The van der Waals surface area contributed by atoms with Crippen LogP contribution in [0.1, 0.15) is 17.0 Å². The topological polar surface area (TPSA) is 59.8 Å². The molecule has 0 atom stereocenters. The summed E-state index contributed by atoms with van der Waals surface area (Å²) in [5.74, 6) is 1.14. The molecule has 7 heteroatoms. The molecule has 0 aliphatic carbocycles. The average Bonchev–Trinajstić information content (AvgIpc) is 3.02. The molecular weight excluding hydrogens is 380 g/mol. The quantitative estimate of drug-likeness (QED) is 0.585. The Morgan fingerprint density at radius 3 is 2.56 bits per heavy atom. The third kappa shape index (κ3) is 5.84. The number of aromatic nitrogens is 3. The fourth-order valence-electron chi connectivity index (χ4n) is 2.59. The molecule has 140 valence electrons. The van der Waals surface area contributed by atoms with E-state index in [1.807, 2.05) is 54.0 Å². The fourth-order valence-corrected chi connectivity index (χ4v) is 3.53. The van der Waals surface area contributed by atoms with Gasteiger partial charge in [-0.05, 0) is 36.6 Å². The molecule has 0 radical (unpaired) electrons. The number of carbonyl (C=O) groups is 1. The first kappa shape index (κ1) is 19.5. The minimum Gasteiger partial charge on any atom is -0.355 e. The van der Waals surface area contributed by atoms with Crippen molar-refractivity contribution in [1.82, 2.24) is 20.1 Å². The summed E-state index contributed by atoms with van der Waals surface area (Å²) in [6.07, 6.45) is 0.775. The molecular formula is C20H21ClN4OS. The lowest BCUT2D eigenvalue weighted by Crippen LogP contribution is -2.27. The monoisotopic (exact) mass is 400 g/mol. The van der Waals surface area contributed by atoms with Crippen LogP contribution in [0.3, 0.4) is 0 Å². The molecule has 1 amide bonds. The summed E-state index contributed by atoms with van der Waals surface area (Å²) in [5.41, 5.74) is 2.32. The van der Waals surface area contributed by atoms with Gasteiger partial charge in [0.15, 0.2) is 5.16 Å². The first-order valence-electron chi connectivity index (χ1n) is 8.69. The van der Waals surface area contributed by atoms with Crippen LogP contribution in [0.25, 0.3) is 0 Å². The molecule has 2 aromatic carbocycles. The van der Waals surface area contributed by atoms with Crippen LogP contribution < -0.4 is 5.32 Å². The van der Waals surface area contributed by atoms with Gasteiger partial charge >= 0.3 is 0 Å². The van der Waals surface area contributed by atoms with Gasteiger partial charge in [-0.3, -0.25) is 4.79 Å². The van der Waals surface area contributed by atoms with Crippen LogP contribution in [-0.2, 0) is 17.8 Å². The van der Waals surface area contributed by atoms with E-state index in [9.17, 15) is 4.79 Å². The molecule has 0 saturated carbocycles. The second kappa shape index (κ2) is 9.58. The maximum atomic E-state index is 12.1. The van der Waals surface area contributed by atoms with Crippen LogP contribution in [0.2, 0.25) is 5.02 Å². The second-order valence-electron chi connectivity index (χ2n) is 6.12. The molecule has 0 aliphatic heterocycles. The highest BCUT2D eigenvalue weighted by Crippen LogP contribution is 2.18. The number of benzene rings is 2. The molecule has 0 aliphatic rings. The van der Waals surface area contributed by atoms with Gasteiger partial charge in [0.2, 0.25) is 5.91 Å². The van der Waals surface area contributed by atoms with E-state index >= 15 is 0 Å². The maximum Gasteiger partial charge on any atom is 0.230 e. The van der Waals surface area contributed by atoms with Crippen molar-refractivity contribution < 1.29 is 4.79 Å². The number of thioether (sulfide) groups is 1. The molecule has 1 heterocycles. The smallest absolute Gasteiger partial charge is 0.230 e. The van der Waals surface area contributed by atoms with Gasteiger partial charge < -0.3 is 9.88 Å². The minimum atomic E-state index is -0.0131. The van der Waals surface area contributed by atoms with E-state index < -0.39 is 0 Å². The molecule has 0 spiro atoms.